The molecule has 0 fully saturated rings. The molecule has 94 valence electrons. The number of guanidine groups is 1. The van der Waals surface area contributed by atoms with Crippen LogP contribution in [0.1, 0.15) is 12.6 Å². The lowest BCUT2D eigenvalue weighted by atomic mass is 10.2. The Bertz CT molecular complexity index is 605. The highest BCUT2D eigenvalue weighted by Crippen LogP contribution is 2.25. The zero-order valence-electron chi connectivity index (χ0n) is 10.4. The van der Waals surface area contributed by atoms with Crippen LogP contribution in [0, 0.1) is 6.92 Å². The molecule has 1 aromatic carbocycles. The predicted molar refractivity (Wildman–Crippen MR) is 69.4 cm³/mol. The molecule has 0 unspecified atom stereocenters. The van der Waals surface area contributed by atoms with Gasteiger partial charge in [-0.25, -0.2) is 4.99 Å². The minimum Gasteiger partial charge on any atom is -0.491 e. The van der Waals surface area contributed by atoms with E-state index in [9.17, 15) is 0 Å². The molecule has 6 nitrogen and oxygen atoms in total. The fourth-order valence-electron chi connectivity index (χ4n) is 1.74. The van der Waals surface area contributed by atoms with E-state index in [-0.39, 0.29) is 5.96 Å². The highest BCUT2D eigenvalue weighted by Gasteiger charge is 2.12. The van der Waals surface area contributed by atoms with Gasteiger partial charge in [-0.15, -0.1) is 9.97 Å². The first-order valence-electron chi connectivity index (χ1n) is 5.67. The summed E-state index contributed by atoms with van der Waals surface area (Å²) in [6.07, 6.45) is 0. The number of ether oxygens (including phenoxy) is 1. The van der Waals surface area contributed by atoms with E-state index in [1.165, 1.54) is 0 Å². The monoisotopic (exact) mass is 246 g/mol. The molecule has 1 aromatic heterocycles. The van der Waals surface area contributed by atoms with Gasteiger partial charge in [-0.2, -0.15) is 0 Å². The Balaban J connectivity index is 2.68. The number of aryl methyl sites for hydroxylation is 1. The lowest BCUT2D eigenvalue weighted by Gasteiger charge is -2.05. The number of fused-ring (bicyclic) bond motifs is 1. The molecule has 0 saturated heterocycles. The number of para-hydroxylation sites is 1. The van der Waals surface area contributed by atoms with Crippen LogP contribution in [0.25, 0.3) is 10.9 Å². The minimum absolute atomic E-state index is 0.0580. The summed E-state index contributed by atoms with van der Waals surface area (Å²) >= 11 is 0. The molecule has 0 saturated carbocycles. The number of nitrogens with one attached hydrogen (secondary N) is 1. The number of nitrogens with two attached hydrogens (primary N) is 2. The van der Waals surface area contributed by atoms with Crippen molar-refractivity contribution in [3.05, 3.63) is 23.9 Å². The quantitative estimate of drug-likeness (QED) is 0.492. The van der Waals surface area contributed by atoms with Gasteiger partial charge in [0.1, 0.15) is 0 Å². The third-order valence-corrected chi connectivity index (χ3v) is 2.44. The summed E-state index contributed by atoms with van der Waals surface area (Å²) < 4.78 is 5.55. The highest BCUT2D eigenvalue weighted by atomic mass is 16.5. The SMILES string of the molecule is CCOc1cccc2c(C)nc([NH+]=C(N)N)nc12. The van der Waals surface area contributed by atoms with Gasteiger partial charge >= 0.3 is 5.95 Å². The summed E-state index contributed by atoms with van der Waals surface area (Å²) in [5, 5.41) is 0.946. The fraction of sp³-hybridized carbons (Fsp3) is 0.250. The Morgan fingerprint density at radius 1 is 1.33 bits per heavy atom. The molecule has 0 aliphatic carbocycles. The number of benzene rings is 1. The molecule has 0 amide bonds. The number of hydrogen-bond donors (Lipinski definition) is 3. The molecular weight excluding hydrogens is 230 g/mol. The normalized spacial score (nSPS) is 10.3. The van der Waals surface area contributed by atoms with Gasteiger partial charge in [-0.3, -0.25) is 0 Å². The molecule has 2 rings (SSSR count). The summed E-state index contributed by atoms with van der Waals surface area (Å²) in [4.78, 5) is 11.4. The van der Waals surface area contributed by atoms with Gasteiger partial charge in [-0.05, 0) is 26.0 Å². The molecule has 0 spiro atoms. The van der Waals surface area contributed by atoms with Crippen LogP contribution in [-0.4, -0.2) is 22.5 Å². The van der Waals surface area contributed by atoms with Crippen LogP contribution >= 0.6 is 0 Å². The van der Waals surface area contributed by atoms with E-state index in [1.54, 1.807) is 0 Å². The van der Waals surface area contributed by atoms with E-state index in [0.29, 0.717) is 12.6 Å². The van der Waals surface area contributed by atoms with E-state index in [1.807, 2.05) is 32.0 Å². The summed E-state index contributed by atoms with van der Waals surface area (Å²) in [6.45, 7) is 4.41. The van der Waals surface area contributed by atoms with Crippen LogP contribution in [0.4, 0.5) is 5.95 Å². The minimum atomic E-state index is 0.0580. The number of rotatable bonds is 3. The Hall–Kier alpha value is -2.37. The molecule has 0 aliphatic heterocycles. The van der Waals surface area contributed by atoms with Crippen molar-refractivity contribution in [2.24, 2.45) is 11.5 Å². The van der Waals surface area contributed by atoms with Crippen LogP contribution in [0.15, 0.2) is 18.2 Å². The second-order valence-electron chi connectivity index (χ2n) is 3.80. The summed E-state index contributed by atoms with van der Waals surface area (Å²) in [5.74, 6) is 1.15. The van der Waals surface area contributed by atoms with Crippen molar-refractivity contribution in [1.82, 2.24) is 9.97 Å². The molecule has 0 bridgehead atoms. The van der Waals surface area contributed by atoms with Crippen LogP contribution in [0.3, 0.4) is 0 Å². The Kier molecular flexibility index (Phi) is 3.27. The second-order valence-corrected chi connectivity index (χ2v) is 3.80. The molecule has 1 heterocycles. The average Bonchev–Trinajstić information content (AvgIpc) is 2.30. The molecule has 5 N–H and O–H groups in total. The van der Waals surface area contributed by atoms with Crippen molar-refractivity contribution >= 4 is 22.8 Å². The van der Waals surface area contributed by atoms with E-state index in [0.717, 1.165) is 22.3 Å². The van der Waals surface area contributed by atoms with E-state index in [2.05, 4.69) is 15.0 Å². The lowest BCUT2D eigenvalue weighted by molar-refractivity contribution is -0.366. The molecule has 0 radical (unpaired) electrons. The van der Waals surface area contributed by atoms with Crippen LogP contribution < -0.4 is 21.2 Å². The Labute approximate surface area is 105 Å². The zero-order chi connectivity index (χ0) is 13.1. The van der Waals surface area contributed by atoms with E-state index >= 15 is 0 Å². The van der Waals surface area contributed by atoms with Gasteiger partial charge in [0, 0.05) is 5.39 Å². The molecule has 18 heavy (non-hydrogen) atoms. The first kappa shape index (κ1) is 12.1. The van der Waals surface area contributed by atoms with Gasteiger partial charge in [-0.1, -0.05) is 6.07 Å². The third kappa shape index (κ3) is 2.32. The predicted octanol–water partition coefficient (Wildman–Crippen LogP) is -0.678. The van der Waals surface area contributed by atoms with Crippen molar-refractivity contribution in [2.75, 3.05) is 6.61 Å². The van der Waals surface area contributed by atoms with Crippen LogP contribution in [0.2, 0.25) is 0 Å². The largest absolute Gasteiger partial charge is 0.491 e. The van der Waals surface area contributed by atoms with Crippen molar-refractivity contribution in [3.63, 3.8) is 0 Å². The maximum absolute atomic E-state index is 5.55. The lowest BCUT2D eigenvalue weighted by Crippen LogP contribution is -2.73. The van der Waals surface area contributed by atoms with Gasteiger partial charge < -0.3 is 16.2 Å². The van der Waals surface area contributed by atoms with Gasteiger partial charge in [0.05, 0.1) is 12.3 Å². The highest BCUT2D eigenvalue weighted by molar-refractivity contribution is 5.86. The van der Waals surface area contributed by atoms with Crippen molar-refractivity contribution < 1.29 is 9.73 Å². The maximum atomic E-state index is 5.55. The number of hydrogen-bond acceptors (Lipinski definition) is 3. The fourth-order valence-corrected chi connectivity index (χ4v) is 1.74. The molecule has 0 atom stereocenters. The van der Waals surface area contributed by atoms with Crippen LogP contribution in [-0.2, 0) is 0 Å². The van der Waals surface area contributed by atoms with E-state index < -0.39 is 0 Å². The first-order valence-corrected chi connectivity index (χ1v) is 5.67. The third-order valence-electron chi connectivity index (χ3n) is 2.44. The number of nitrogens with zero attached hydrogens (tertiary/aromatic N) is 2. The molecule has 2 aromatic rings. The summed E-state index contributed by atoms with van der Waals surface area (Å²) in [5.41, 5.74) is 12.4. The topological polar surface area (TPSA) is 101 Å². The standard InChI is InChI=1S/C12H15N5O/c1-3-18-9-6-4-5-8-7(2)15-12(16-10(8)9)17-11(13)14/h4-6H,3H2,1-2H3,(H4,13,14,15,16,17)/p+1. The molecular formula is C12H16N5O+. The zero-order valence-corrected chi connectivity index (χ0v) is 10.4. The van der Waals surface area contributed by atoms with Crippen molar-refractivity contribution in [2.45, 2.75) is 13.8 Å². The summed E-state index contributed by atoms with van der Waals surface area (Å²) in [7, 11) is 0. The average molecular weight is 246 g/mol. The number of aromatic nitrogens is 2. The molecule has 6 heteroatoms. The first-order chi connectivity index (χ1) is 8.61. The van der Waals surface area contributed by atoms with Crippen molar-refractivity contribution in [3.8, 4) is 5.75 Å². The Morgan fingerprint density at radius 3 is 2.78 bits per heavy atom. The Morgan fingerprint density at radius 2 is 2.11 bits per heavy atom. The van der Waals surface area contributed by atoms with Crippen molar-refractivity contribution in [1.29, 1.82) is 0 Å². The van der Waals surface area contributed by atoms with Gasteiger partial charge in [0.2, 0.25) is 0 Å². The van der Waals surface area contributed by atoms with E-state index in [4.69, 9.17) is 16.2 Å². The van der Waals surface area contributed by atoms with Crippen LogP contribution in [0.5, 0.6) is 5.75 Å². The smallest absolute Gasteiger partial charge is 0.354 e. The second kappa shape index (κ2) is 4.87. The van der Waals surface area contributed by atoms with Gasteiger partial charge in [0.15, 0.2) is 11.3 Å². The summed E-state index contributed by atoms with van der Waals surface area (Å²) in [6, 6.07) is 5.74. The molecule has 0 aliphatic rings. The maximum Gasteiger partial charge on any atom is 0.354 e. The van der Waals surface area contributed by atoms with Gasteiger partial charge in [0.25, 0.3) is 5.96 Å².